The van der Waals surface area contributed by atoms with Crippen molar-refractivity contribution in [1.82, 2.24) is 0 Å². The van der Waals surface area contributed by atoms with Crippen molar-refractivity contribution in [2.75, 3.05) is 7.11 Å². The topological polar surface area (TPSA) is 60.4 Å². The molecule has 0 bridgehead atoms. The Hall–Kier alpha value is -2.66. The number of carbonyl (C=O) groups excluding carboxylic acids is 1. The van der Waals surface area contributed by atoms with Gasteiger partial charge in [-0.05, 0) is 64.4 Å². The van der Waals surface area contributed by atoms with Crippen LogP contribution in [0.2, 0.25) is 0 Å². The molecule has 1 aliphatic rings. The summed E-state index contributed by atoms with van der Waals surface area (Å²) in [5, 5.41) is 2.11. The van der Waals surface area contributed by atoms with Crippen molar-refractivity contribution < 1.29 is 17.9 Å². The number of rotatable bonds is 5. The zero-order valence-electron chi connectivity index (χ0n) is 16.6. The predicted molar refractivity (Wildman–Crippen MR) is 114 cm³/mol. The number of methoxy groups -OCH3 is 1. The van der Waals surface area contributed by atoms with E-state index in [9.17, 15) is 13.2 Å². The van der Waals surface area contributed by atoms with Gasteiger partial charge in [-0.2, -0.15) is 0 Å². The van der Waals surface area contributed by atoms with Gasteiger partial charge in [-0.1, -0.05) is 49.4 Å². The standard InChI is InChI=1S/C24H24O4S/c1-16(24(25)28-2)20-12-13-22-18(14-17-8-6-7-11-21(17)23(20)22)15-29(26,27)19-9-4-3-5-10-19/h3-11,14,16,20H,12-13,15H2,1-2H3. The molecular formula is C24H24O4S. The van der Waals surface area contributed by atoms with Crippen molar-refractivity contribution in [3.8, 4) is 0 Å². The lowest BCUT2D eigenvalue weighted by Gasteiger charge is -2.21. The number of carbonyl (C=O) groups is 1. The summed E-state index contributed by atoms with van der Waals surface area (Å²) >= 11 is 0. The van der Waals surface area contributed by atoms with Gasteiger partial charge < -0.3 is 4.74 Å². The van der Waals surface area contributed by atoms with Crippen molar-refractivity contribution in [2.24, 2.45) is 5.92 Å². The molecule has 1 aliphatic carbocycles. The molecule has 0 saturated heterocycles. The SMILES string of the molecule is COC(=O)C(C)C1CCc2c(CS(=O)(=O)c3ccccc3)cc3ccccc3c21. The first kappa shape index (κ1) is 19.6. The molecule has 5 heteroatoms. The van der Waals surface area contributed by atoms with E-state index in [1.165, 1.54) is 7.11 Å². The van der Waals surface area contributed by atoms with E-state index in [-0.39, 0.29) is 23.6 Å². The molecule has 3 aromatic rings. The van der Waals surface area contributed by atoms with Crippen LogP contribution in [-0.2, 0) is 31.5 Å². The Kier molecular flexibility index (Phi) is 5.17. The second-order valence-corrected chi connectivity index (χ2v) is 9.67. The minimum absolute atomic E-state index is 0.0294. The Balaban J connectivity index is 1.85. The minimum atomic E-state index is -3.45. The van der Waals surface area contributed by atoms with Gasteiger partial charge in [0.25, 0.3) is 0 Å². The van der Waals surface area contributed by atoms with Gasteiger partial charge in [-0.25, -0.2) is 8.42 Å². The van der Waals surface area contributed by atoms with Crippen LogP contribution in [0.1, 0.15) is 36.0 Å². The molecular weight excluding hydrogens is 384 g/mol. The quantitative estimate of drug-likeness (QED) is 0.577. The monoisotopic (exact) mass is 408 g/mol. The summed E-state index contributed by atoms with van der Waals surface area (Å²) in [6, 6.07) is 18.6. The second kappa shape index (κ2) is 7.64. The van der Waals surface area contributed by atoms with E-state index < -0.39 is 9.84 Å². The largest absolute Gasteiger partial charge is 0.469 e. The van der Waals surface area contributed by atoms with Crippen molar-refractivity contribution in [2.45, 2.75) is 36.3 Å². The summed E-state index contributed by atoms with van der Waals surface area (Å²) in [7, 11) is -2.04. The van der Waals surface area contributed by atoms with Gasteiger partial charge in [0.1, 0.15) is 0 Å². The zero-order valence-corrected chi connectivity index (χ0v) is 17.4. The highest BCUT2D eigenvalue weighted by atomic mass is 32.2. The third-order valence-corrected chi connectivity index (χ3v) is 7.68. The molecule has 0 aromatic heterocycles. The van der Waals surface area contributed by atoms with Crippen molar-refractivity contribution in [1.29, 1.82) is 0 Å². The average Bonchev–Trinajstić information content (AvgIpc) is 3.19. The van der Waals surface area contributed by atoms with Crippen LogP contribution < -0.4 is 0 Å². The van der Waals surface area contributed by atoms with Gasteiger partial charge in [-0.15, -0.1) is 0 Å². The molecule has 3 aromatic carbocycles. The first-order valence-electron chi connectivity index (χ1n) is 9.81. The van der Waals surface area contributed by atoms with E-state index >= 15 is 0 Å². The van der Waals surface area contributed by atoms with Gasteiger partial charge in [0, 0.05) is 0 Å². The molecule has 150 valence electrons. The number of ether oxygens (including phenoxy) is 1. The lowest BCUT2D eigenvalue weighted by molar-refractivity contribution is -0.145. The first-order valence-corrected chi connectivity index (χ1v) is 11.5. The molecule has 0 radical (unpaired) electrons. The van der Waals surface area contributed by atoms with Crippen LogP contribution in [0.3, 0.4) is 0 Å². The Morgan fingerprint density at radius 2 is 1.79 bits per heavy atom. The molecule has 0 spiro atoms. The van der Waals surface area contributed by atoms with E-state index in [1.807, 2.05) is 37.3 Å². The van der Waals surface area contributed by atoms with Crippen LogP contribution in [0, 0.1) is 5.92 Å². The van der Waals surface area contributed by atoms with E-state index in [1.54, 1.807) is 24.3 Å². The Bertz CT molecular complexity index is 1170. The second-order valence-electron chi connectivity index (χ2n) is 7.68. The van der Waals surface area contributed by atoms with Crippen molar-refractivity contribution in [3.63, 3.8) is 0 Å². The molecule has 0 N–H and O–H groups in total. The maximum Gasteiger partial charge on any atom is 0.308 e. The highest BCUT2D eigenvalue weighted by Gasteiger charge is 2.35. The smallest absolute Gasteiger partial charge is 0.308 e. The van der Waals surface area contributed by atoms with E-state index in [4.69, 9.17) is 4.74 Å². The van der Waals surface area contributed by atoms with E-state index in [2.05, 4.69) is 6.07 Å². The minimum Gasteiger partial charge on any atom is -0.469 e. The number of hydrogen-bond acceptors (Lipinski definition) is 4. The fourth-order valence-corrected chi connectivity index (χ4v) is 5.94. The maximum atomic E-state index is 13.0. The fourth-order valence-electron chi connectivity index (χ4n) is 4.54. The molecule has 0 saturated carbocycles. The molecule has 2 atom stereocenters. The molecule has 2 unspecified atom stereocenters. The third kappa shape index (κ3) is 3.55. The summed E-state index contributed by atoms with van der Waals surface area (Å²) in [5.41, 5.74) is 3.02. The van der Waals surface area contributed by atoms with E-state index in [0.717, 1.165) is 40.3 Å². The van der Waals surface area contributed by atoms with Gasteiger partial charge in [0.05, 0.1) is 23.7 Å². The summed E-state index contributed by atoms with van der Waals surface area (Å²) in [4.78, 5) is 12.6. The number of benzene rings is 3. The summed E-state index contributed by atoms with van der Waals surface area (Å²) < 4.78 is 31.1. The van der Waals surface area contributed by atoms with Crippen LogP contribution in [0.15, 0.2) is 65.6 Å². The molecule has 0 aliphatic heterocycles. The molecule has 29 heavy (non-hydrogen) atoms. The summed E-state index contributed by atoms with van der Waals surface area (Å²) in [6.07, 6.45) is 1.59. The highest BCUT2D eigenvalue weighted by molar-refractivity contribution is 7.90. The summed E-state index contributed by atoms with van der Waals surface area (Å²) in [6.45, 7) is 1.90. The van der Waals surface area contributed by atoms with Gasteiger partial charge in [-0.3, -0.25) is 4.79 Å². The van der Waals surface area contributed by atoms with Gasteiger partial charge in [0.15, 0.2) is 9.84 Å². The van der Waals surface area contributed by atoms with E-state index in [0.29, 0.717) is 4.90 Å². The van der Waals surface area contributed by atoms with Crippen molar-refractivity contribution in [3.05, 3.63) is 77.4 Å². The molecule has 4 nitrogen and oxygen atoms in total. The fraction of sp³-hybridized carbons (Fsp3) is 0.292. The third-order valence-electron chi connectivity index (χ3n) is 5.99. The normalized spacial score (nSPS) is 17.1. The van der Waals surface area contributed by atoms with Crippen LogP contribution in [0.25, 0.3) is 10.8 Å². The lowest BCUT2D eigenvalue weighted by atomic mass is 9.85. The highest BCUT2D eigenvalue weighted by Crippen LogP contribution is 2.45. The summed E-state index contributed by atoms with van der Waals surface area (Å²) in [5.74, 6) is -0.509. The van der Waals surface area contributed by atoms with Gasteiger partial charge in [0.2, 0.25) is 0 Å². The van der Waals surface area contributed by atoms with Crippen LogP contribution in [-0.4, -0.2) is 21.5 Å². The van der Waals surface area contributed by atoms with Crippen molar-refractivity contribution >= 4 is 26.6 Å². The number of fused-ring (bicyclic) bond motifs is 3. The molecule has 0 amide bonds. The number of sulfone groups is 1. The zero-order chi connectivity index (χ0) is 20.6. The Labute approximate surface area is 171 Å². The predicted octanol–water partition coefficient (Wildman–Crippen LogP) is 4.65. The van der Waals surface area contributed by atoms with Crippen LogP contribution >= 0.6 is 0 Å². The Morgan fingerprint density at radius 3 is 2.52 bits per heavy atom. The van der Waals surface area contributed by atoms with Crippen LogP contribution in [0.4, 0.5) is 0 Å². The maximum absolute atomic E-state index is 13.0. The van der Waals surface area contributed by atoms with Crippen LogP contribution in [0.5, 0.6) is 0 Å². The Morgan fingerprint density at radius 1 is 1.10 bits per heavy atom. The molecule has 0 heterocycles. The lowest BCUT2D eigenvalue weighted by Crippen LogP contribution is -2.19. The first-order chi connectivity index (χ1) is 13.9. The number of hydrogen-bond donors (Lipinski definition) is 0. The average molecular weight is 409 g/mol. The molecule has 0 fully saturated rings. The van der Waals surface area contributed by atoms with Gasteiger partial charge >= 0.3 is 5.97 Å². The molecule has 4 rings (SSSR count). The number of esters is 1.